The molecule has 0 saturated carbocycles. The monoisotopic (exact) mass is 541 g/mol. The first-order valence-corrected chi connectivity index (χ1v) is 13.1. The molecule has 0 fully saturated rings. The summed E-state index contributed by atoms with van der Waals surface area (Å²) in [6.45, 7) is 8.36. The predicted octanol–water partition coefficient (Wildman–Crippen LogP) is 3.83. The van der Waals surface area contributed by atoms with Crippen molar-refractivity contribution in [2.75, 3.05) is 13.2 Å². The third-order valence-corrected chi connectivity index (χ3v) is 6.94. The number of hydrogen-bond acceptors (Lipinski definition) is 9. The fourth-order valence-corrected chi connectivity index (χ4v) is 5.49. The van der Waals surface area contributed by atoms with E-state index in [0.717, 1.165) is 0 Å². The first-order valence-electron chi connectivity index (χ1n) is 13.1. The molecule has 40 heavy (non-hydrogen) atoms. The van der Waals surface area contributed by atoms with E-state index >= 15 is 0 Å². The summed E-state index contributed by atoms with van der Waals surface area (Å²) < 4.78 is 10.7. The molecule has 0 radical (unpaired) electrons. The van der Waals surface area contributed by atoms with Crippen molar-refractivity contribution in [2.24, 2.45) is 16.3 Å². The summed E-state index contributed by atoms with van der Waals surface area (Å²) in [7, 11) is 0. The second-order valence-corrected chi connectivity index (χ2v) is 10.6. The van der Waals surface area contributed by atoms with Crippen LogP contribution in [-0.4, -0.2) is 54.0 Å². The molecule has 2 atom stereocenters. The number of Topliss-reactive ketones (excluding diaryl/α,β-unsaturated/α-hetero) is 2. The van der Waals surface area contributed by atoms with Gasteiger partial charge in [-0.2, -0.15) is 5.26 Å². The number of ketones is 2. The summed E-state index contributed by atoms with van der Waals surface area (Å²) >= 11 is 0. The van der Waals surface area contributed by atoms with Crippen molar-refractivity contribution in [1.29, 1.82) is 5.26 Å². The molecule has 9 nitrogen and oxygen atoms in total. The Morgan fingerprint density at radius 3 is 2.02 bits per heavy atom. The lowest BCUT2D eigenvalue weighted by Gasteiger charge is -2.38. The smallest absolute Gasteiger partial charge is 0.336 e. The lowest BCUT2D eigenvalue weighted by Crippen LogP contribution is -2.59. The molecule has 2 aliphatic carbocycles. The Kier molecular flexibility index (Phi) is 7.48. The first-order chi connectivity index (χ1) is 19.0. The van der Waals surface area contributed by atoms with Gasteiger partial charge in [0.15, 0.2) is 17.0 Å². The Bertz CT molecular complexity index is 1440. The number of nitriles is 1. The van der Waals surface area contributed by atoms with Crippen LogP contribution in [0.2, 0.25) is 0 Å². The highest BCUT2D eigenvalue weighted by atomic mass is 16.5. The molecule has 0 heterocycles. The average molecular weight is 542 g/mol. The molecule has 2 aromatic rings. The minimum atomic E-state index is -2.46. The van der Waals surface area contributed by atoms with E-state index < -0.39 is 45.9 Å². The molecule has 206 valence electrons. The quantitative estimate of drug-likeness (QED) is 0.317. The van der Waals surface area contributed by atoms with Crippen LogP contribution in [0, 0.1) is 22.7 Å². The Morgan fingerprint density at radius 1 is 0.975 bits per heavy atom. The maximum Gasteiger partial charge on any atom is 0.336 e. The third kappa shape index (κ3) is 4.20. The summed E-state index contributed by atoms with van der Waals surface area (Å²) in [6, 6.07) is 17.0. The molecule has 2 aliphatic rings. The van der Waals surface area contributed by atoms with Crippen LogP contribution in [-0.2, 0) is 19.1 Å². The number of rotatable bonds is 7. The normalized spacial score (nSPS) is 21.4. The van der Waals surface area contributed by atoms with Gasteiger partial charge in [0.2, 0.25) is 5.54 Å². The van der Waals surface area contributed by atoms with E-state index in [0.29, 0.717) is 5.56 Å². The van der Waals surface area contributed by atoms with Gasteiger partial charge in [0.05, 0.1) is 24.5 Å². The molecule has 1 spiro atoms. The zero-order valence-corrected chi connectivity index (χ0v) is 23.1. The molecule has 0 amide bonds. The molecule has 0 aromatic heterocycles. The first kappa shape index (κ1) is 28.4. The molecular formula is C31H31N3O6. The van der Waals surface area contributed by atoms with Crippen molar-refractivity contribution in [2.45, 2.75) is 45.7 Å². The van der Waals surface area contributed by atoms with Crippen molar-refractivity contribution in [1.82, 2.24) is 5.32 Å². The lowest BCUT2D eigenvalue weighted by molar-refractivity contribution is -0.152. The average Bonchev–Trinajstić information content (AvgIpc) is 3.30. The zero-order chi connectivity index (χ0) is 29.3. The Hall–Kier alpha value is -4.58. The largest absolute Gasteiger partial charge is 0.465 e. The highest BCUT2D eigenvalue weighted by Gasteiger charge is 2.79. The number of aliphatic imine (C=N–C) groups is 1. The second-order valence-electron chi connectivity index (χ2n) is 10.6. The van der Waals surface area contributed by atoms with Gasteiger partial charge in [-0.15, -0.1) is 0 Å². The van der Waals surface area contributed by atoms with E-state index in [9.17, 15) is 24.4 Å². The number of esters is 2. The second kappa shape index (κ2) is 10.5. The van der Waals surface area contributed by atoms with Crippen LogP contribution in [0.3, 0.4) is 0 Å². The molecule has 0 bridgehead atoms. The number of nitrogens with zero attached hydrogens (tertiary/aromatic N) is 2. The van der Waals surface area contributed by atoms with Gasteiger partial charge in [0.25, 0.3) is 0 Å². The number of carbonyl (C=O) groups excluding carboxylic acids is 4. The molecule has 0 saturated heterocycles. The third-order valence-electron chi connectivity index (χ3n) is 6.94. The van der Waals surface area contributed by atoms with E-state index in [4.69, 9.17) is 9.47 Å². The molecule has 4 rings (SSSR count). The summed E-state index contributed by atoms with van der Waals surface area (Å²) in [5.74, 6) is -5.32. The maximum absolute atomic E-state index is 14.5. The molecule has 0 aliphatic heterocycles. The van der Waals surface area contributed by atoms with Crippen molar-refractivity contribution in [3.05, 3.63) is 82.6 Å². The minimum absolute atomic E-state index is 0.0385. The van der Waals surface area contributed by atoms with Gasteiger partial charge in [0, 0.05) is 22.9 Å². The summed E-state index contributed by atoms with van der Waals surface area (Å²) in [4.78, 5) is 61.1. The maximum atomic E-state index is 14.5. The molecule has 2 aromatic carbocycles. The summed E-state index contributed by atoms with van der Waals surface area (Å²) in [5.41, 5.74) is -5.40. The van der Waals surface area contributed by atoms with E-state index in [1.165, 1.54) is 18.3 Å². The number of ether oxygens (including phenoxy) is 2. The van der Waals surface area contributed by atoms with E-state index in [1.54, 1.807) is 77.1 Å². The Labute approximate surface area is 232 Å². The van der Waals surface area contributed by atoms with E-state index in [2.05, 4.69) is 16.4 Å². The molecule has 1 N–H and O–H groups in total. The van der Waals surface area contributed by atoms with Crippen LogP contribution in [0.25, 0.3) is 0 Å². The van der Waals surface area contributed by atoms with Gasteiger partial charge < -0.3 is 14.8 Å². The van der Waals surface area contributed by atoms with Crippen LogP contribution in [0.15, 0.2) is 70.9 Å². The van der Waals surface area contributed by atoms with Crippen LogP contribution in [0.4, 0.5) is 0 Å². The van der Waals surface area contributed by atoms with E-state index in [-0.39, 0.29) is 35.6 Å². The summed E-state index contributed by atoms with van der Waals surface area (Å²) in [5, 5.41) is 14.2. The minimum Gasteiger partial charge on any atom is -0.465 e. The highest BCUT2D eigenvalue weighted by Crippen LogP contribution is 2.61. The Morgan fingerprint density at radius 2 is 1.52 bits per heavy atom. The highest BCUT2D eigenvalue weighted by molar-refractivity contribution is 6.34. The van der Waals surface area contributed by atoms with Crippen LogP contribution in [0.1, 0.15) is 60.9 Å². The fraction of sp³-hybridized carbons (Fsp3) is 0.355. The molecule has 9 heteroatoms. The van der Waals surface area contributed by atoms with Gasteiger partial charge in [0.1, 0.15) is 12.0 Å². The molecule has 0 unspecified atom stereocenters. The van der Waals surface area contributed by atoms with E-state index in [1.807, 2.05) is 0 Å². The molecular weight excluding hydrogens is 510 g/mol. The van der Waals surface area contributed by atoms with Gasteiger partial charge in [-0.25, -0.2) is 4.79 Å². The SMILES string of the molecule is CCOC(=O)C1=C(NC(C)(C)C)[C@@](C#N)(N=Cc2ccccc2)C2(C(=O)c3ccccc3C2=O)[C@H]1C(=O)OCC. The van der Waals surface area contributed by atoms with Crippen molar-refractivity contribution in [3.8, 4) is 6.07 Å². The lowest BCUT2D eigenvalue weighted by atomic mass is 9.62. The number of fused-ring (bicyclic) bond motifs is 1. The standard InChI is InChI=1S/C31H31N3O6/c1-6-39-27(37)22-23(28(38)40-7-2)31(25(35)20-15-11-12-16-21(20)26(31)36)30(18-32,24(22)34-29(3,4)5)33-17-19-13-9-8-10-14-19/h8-17,23,34H,6-7H2,1-5H3/t23-,30-/m1/s1. The Balaban J connectivity index is 2.18. The zero-order valence-electron chi connectivity index (χ0n) is 23.1. The van der Waals surface area contributed by atoms with Crippen molar-refractivity contribution < 1.29 is 28.7 Å². The predicted molar refractivity (Wildman–Crippen MR) is 147 cm³/mol. The number of hydrogen-bond donors (Lipinski definition) is 1. The number of nitrogens with one attached hydrogen (secondary N) is 1. The van der Waals surface area contributed by atoms with Crippen molar-refractivity contribution in [3.63, 3.8) is 0 Å². The van der Waals surface area contributed by atoms with Crippen molar-refractivity contribution >= 4 is 29.7 Å². The van der Waals surface area contributed by atoms with Crippen LogP contribution in [0.5, 0.6) is 0 Å². The van der Waals surface area contributed by atoms with Gasteiger partial charge in [-0.05, 0) is 40.2 Å². The summed E-state index contributed by atoms with van der Waals surface area (Å²) in [6.07, 6.45) is 1.37. The number of benzene rings is 2. The topological polar surface area (TPSA) is 135 Å². The van der Waals surface area contributed by atoms with Crippen LogP contribution >= 0.6 is 0 Å². The van der Waals surface area contributed by atoms with Gasteiger partial charge in [-0.1, -0.05) is 54.6 Å². The van der Waals surface area contributed by atoms with Crippen LogP contribution < -0.4 is 5.32 Å². The fourth-order valence-electron chi connectivity index (χ4n) is 5.49. The van der Waals surface area contributed by atoms with Gasteiger partial charge in [-0.3, -0.25) is 19.4 Å². The van der Waals surface area contributed by atoms with Gasteiger partial charge >= 0.3 is 11.9 Å². The number of carbonyl (C=O) groups is 4.